The normalized spacial score (nSPS) is 13.0. The summed E-state index contributed by atoms with van der Waals surface area (Å²) in [5.74, 6) is -5.86. The summed E-state index contributed by atoms with van der Waals surface area (Å²) in [6.07, 6.45) is 2.27. The second kappa shape index (κ2) is 13.6. The summed E-state index contributed by atoms with van der Waals surface area (Å²) in [7, 11) is -3.05. The lowest BCUT2D eigenvalue weighted by Crippen LogP contribution is -2.29. The molecule has 1 N–H and O–H groups in total. The molecule has 3 aromatic rings. The topological polar surface area (TPSA) is 176 Å². The lowest BCUT2D eigenvalue weighted by molar-refractivity contribution is -0.143. The van der Waals surface area contributed by atoms with Crippen molar-refractivity contribution in [2.75, 3.05) is 37.1 Å². The van der Waals surface area contributed by atoms with Gasteiger partial charge in [-0.1, -0.05) is 11.3 Å². The number of fused-ring (bicyclic) bond motifs is 2. The number of ether oxygens (including phenoxy) is 3. The van der Waals surface area contributed by atoms with Gasteiger partial charge in [0.2, 0.25) is 5.91 Å². The van der Waals surface area contributed by atoms with E-state index in [9.17, 15) is 32.4 Å². The van der Waals surface area contributed by atoms with E-state index in [1.807, 2.05) is 0 Å². The van der Waals surface area contributed by atoms with Crippen LogP contribution in [0.4, 0.5) is 5.00 Å². The quantitative estimate of drug-likeness (QED) is 0.239. The number of nitrogens with one attached hydrogen (secondary N) is 1. The molecule has 0 radical (unpaired) electrons. The van der Waals surface area contributed by atoms with Gasteiger partial charge in [0.05, 0.1) is 41.7 Å². The number of carbonyl (C=O) groups excluding carboxylic acids is 5. The zero-order valence-corrected chi connectivity index (χ0v) is 26.0. The molecule has 0 unspecified atom stereocenters. The van der Waals surface area contributed by atoms with E-state index in [0.29, 0.717) is 16.6 Å². The molecule has 1 aliphatic carbocycles. The lowest BCUT2D eigenvalue weighted by Gasteiger charge is -2.08. The largest absolute Gasteiger partial charge is 0.465 e. The third kappa shape index (κ3) is 7.55. The van der Waals surface area contributed by atoms with Crippen molar-refractivity contribution >= 4 is 77.5 Å². The Balaban J connectivity index is 1.55. The minimum absolute atomic E-state index is 0.00176. The summed E-state index contributed by atoms with van der Waals surface area (Å²) in [5, 5.41) is 2.72. The highest BCUT2D eigenvalue weighted by Crippen LogP contribution is 2.39. The van der Waals surface area contributed by atoms with Gasteiger partial charge in [-0.3, -0.25) is 14.4 Å². The first kappa shape index (κ1) is 32.0. The van der Waals surface area contributed by atoms with Crippen molar-refractivity contribution in [1.29, 1.82) is 0 Å². The number of rotatable bonds is 11. The van der Waals surface area contributed by atoms with Crippen molar-refractivity contribution in [3.05, 3.63) is 44.6 Å². The number of hydrogen-bond acceptors (Lipinski definition) is 12. The summed E-state index contributed by atoms with van der Waals surface area (Å²) in [6.45, 7) is 3.24. The van der Waals surface area contributed by atoms with E-state index < -0.39 is 51.1 Å². The third-order valence-corrected chi connectivity index (χ3v) is 9.90. The third-order valence-electron chi connectivity index (χ3n) is 6.26. The zero-order chi connectivity index (χ0) is 31.3. The number of methoxy groups -OCH3 is 1. The van der Waals surface area contributed by atoms with Gasteiger partial charge < -0.3 is 24.1 Å². The standard InChI is InChI=1S/C27H29N3O10S3/c1-4-39-22(33)12-30-17-10-9-15(25(34)38-3)11-19(17)42-27(30)29-21(32)14-43(36,37)13-20(31)28-24-23(26(35)40-5-2)16-7-6-8-18(16)41-24/h9-11H,4-8,12-14H2,1-3H3,(H,28,31). The first-order chi connectivity index (χ1) is 20.5. The van der Waals surface area contributed by atoms with Gasteiger partial charge in [0, 0.05) is 4.88 Å². The number of benzene rings is 1. The number of sulfone groups is 1. The van der Waals surface area contributed by atoms with Crippen molar-refractivity contribution in [2.45, 2.75) is 39.7 Å². The predicted octanol–water partition coefficient (Wildman–Crippen LogP) is 2.26. The number of carbonyl (C=O) groups is 5. The van der Waals surface area contributed by atoms with Gasteiger partial charge in [-0.15, -0.1) is 11.3 Å². The molecule has 2 aromatic heterocycles. The van der Waals surface area contributed by atoms with E-state index in [2.05, 4.69) is 10.3 Å². The van der Waals surface area contributed by atoms with Gasteiger partial charge in [-0.2, -0.15) is 4.99 Å². The van der Waals surface area contributed by atoms with Crippen LogP contribution in [0, 0.1) is 0 Å². The summed E-state index contributed by atoms with van der Waals surface area (Å²) >= 11 is 2.17. The second-order valence-corrected chi connectivity index (χ2v) is 13.5. The zero-order valence-electron chi connectivity index (χ0n) is 23.6. The van der Waals surface area contributed by atoms with Crippen LogP contribution in [0.15, 0.2) is 23.2 Å². The number of thiophene rings is 1. The highest BCUT2D eigenvalue weighted by Gasteiger charge is 2.29. The Kier molecular flexibility index (Phi) is 10.1. The van der Waals surface area contributed by atoms with E-state index in [1.165, 1.54) is 35.1 Å². The molecule has 16 heteroatoms. The maximum atomic E-state index is 12.8. The highest BCUT2D eigenvalue weighted by atomic mass is 32.2. The molecule has 0 atom stereocenters. The van der Waals surface area contributed by atoms with Crippen molar-refractivity contribution in [2.24, 2.45) is 4.99 Å². The maximum absolute atomic E-state index is 12.8. The average Bonchev–Trinajstić information content (AvgIpc) is 3.60. The van der Waals surface area contributed by atoms with Crippen molar-refractivity contribution in [1.82, 2.24) is 4.57 Å². The minimum Gasteiger partial charge on any atom is -0.465 e. The fourth-order valence-corrected chi connectivity index (χ4v) is 7.94. The van der Waals surface area contributed by atoms with Gasteiger partial charge in [-0.05, 0) is 56.9 Å². The molecule has 43 heavy (non-hydrogen) atoms. The number of hydrogen-bond donors (Lipinski definition) is 1. The van der Waals surface area contributed by atoms with Crippen LogP contribution in [-0.4, -0.2) is 74.5 Å². The van der Waals surface area contributed by atoms with Crippen LogP contribution in [0.3, 0.4) is 0 Å². The smallest absolute Gasteiger partial charge is 0.341 e. The van der Waals surface area contributed by atoms with Gasteiger partial charge in [0.1, 0.15) is 23.1 Å². The Morgan fingerprint density at radius 3 is 2.44 bits per heavy atom. The molecular weight excluding hydrogens is 623 g/mol. The Hall–Kier alpha value is -3.89. The van der Waals surface area contributed by atoms with Crippen LogP contribution in [0.2, 0.25) is 0 Å². The van der Waals surface area contributed by atoms with E-state index >= 15 is 0 Å². The molecule has 0 aliphatic heterocycles. The van der Waals surface area contributed by atoms with Crippen LogP contribution in [0.5, 0.6) is 0 Å². The summed E-state index contributed by atoms with van der Waals surface area (Å²) < 4.78 is 42.3. The Morgan fingerprint density at radius 2 is 1.74 bits per heavy atom. The summed E-state index contributed by atoms with van der Waals surface area (Å²) in [6, 6.07) is 4.53. The fourth-order valence-electron chi connectivity index (χ4n) is 4.54. The monoisotopic (exact) mass is 651 g/mol. The molecule has 13 nitrogen and oxygen atoms in total. The molecule has 0 fully saturated rings. The average molecular weight is 652 g/mol. The van der Waals surface area contributed by atoms with E-state index in [4.69, 9.17) is 14.2 Å². The van der Waals surface area contributed by atoms with Crippen LogP contribution in [0.1, 0.15) is 51.4 Å². The molecule has 2 heterocycles. The van der Waals surface area contributed by atoms with Crippen LogP contribution in [-0.2, 0) is 57.8 Å². The molecule has 230 valence electrons. The lowest BCUT2D eigenvalue weighted by atomic mass is 10.1. The second-order valence-electron chi connectivity index (χ2n) is 9.32. The highest BCUT2D eigenvalue weighted by molar-refractivity contribution is 7.92. The van der Waals surface area contributed by atoms with Crippen molar-refractivity contribution < 1.29 is 46.6 Å². The van der Waals surface area contributed by atoms with Crippen LogP contribution in [0.25, 0.3) is 10.2 Å². The first-order valence-corrected chi connectivity index (χ1v) is 16.7. The molecular formula is C27H29N3O10S3. The molecule has 1 aromatic carbocycles. The molecule has 0 bridgehead atoms. The predicted molar refractivity (Wildman–Crippen MR) is 158 cm³/mol. The van der Waals surface area contributed by atoms with Crippen LogP contribution >= 0.6 is 22.7 Å². The minimum atomic E-state index is -4.28. The number of nitrogens with zero attached hydrogens (tertiary/aromatic N) is 2. The van der Waals surface area contributed by atoms with Gasteiger partial charge in [-0.25, -0.2) is 18.0 Å². The van der Waals surface area contributed by atoms with Gasteiger partial charge in [0.15, 0.2) is 14.6 Å². The number of anilines is 1. The Bertz CT molecular complexity index is 1780. The fraction of sp³-hybridized carbons (Fsp3) is 0.407. The molecule has 0 saturated heterocycles. The Labute approximate surface area is 254 Å². The van der Waals surface area contributed by atoms with E-state index in [-0.39, 0.29) is 40.7 Å². The molecule has 0 spiro atoms. The van der Waals surface area contributed by atoms with E-state index in [1.54, 1.807) is 19.9 Å². The van der Waals surface area contributed by atoms with Crippen molar-refractivity contribution in [3.8, 4) is 0 Å². The molecule has 0 saturated carbocycles. The number of amides is 2. The number of esters is 3. The Morgan fingerprint density at radius 1 is 1.00 bits per heavy atom. The number of aryl methyl sites for hydroxylation is 1. The maximum Gasteiger partial charge on any atom is 0.341 e. The van der Waals surface area contributed by atoms with Gasteiger partial charge >= 0.3 is 17.9 Å². The van der Waals surface area contributed by atoms with Crippen LogP contribution < -0.4 is 10.1 Å². The SMILES string of the molecule is CCOC(=O)Cn1c(=NC(=O)CS(=O)(=O)CC(=O)Nc2sc3c(c2C(=O)OCC)CCC3)sc2cc(C(=O)OC)ccc21. The molecule has 1 aliphatic rings. The number of aromatic nitrogens is 1. The van der Waals surface area contributed by atoms with E-state index in [0.717, 1.165) is 34.6 Å². The summed E-state index contributed by atoms with van der Waals surface area (Å²) in [4.78, 5) is 67.2. The molecule has 4 rings (SSSR count). The van der Waals surface area contributed by atoms with Crippen molar-refractivity contribution in [3.63, 3.8) is 0 Å². The first-order valence-electron chi connectivity index (χ1n) is 13.2. The molecule has 2 amide bonds. The summed E-state index contributed by atoms with van der Waals surface area (Å²) in [5.41, 5.74) is 1.73. The van der Waals surface area contributed by atoms with Gasteiger partial charge in [0.25, 0.3) is 5.91 Å². The number of thiazole rings is 1.